The highest BCUT2D eigenvalue weighted by Gasteiger charge is 2.37. The van der Waals surface area contributed by atoms with E-state index in [1.54, 1.807) is 4.57 Å². The van der Waals surface area contributed by atoms with Crippen LogP contribution in [0.5, 0.6) is 0 Å². The number of benzene rings is 1. The van der Waals surface area contributed by atoms with Crippen molar-refractivity contribution < 1.29 is 14.3 Å². The maximum absolute atomic E-state index is 15.1. The Kier molecular flexibility index (Phi) is 4.14. The van der Waals surface area contributed by atoms with Crippen LogP contribution < -0.4 is 15.6 Å². The molecule has 2 aliphatic heterocycles. The molecule has 1 aromatic heterocycles. The number of piperidine rings is 1. The van der Waals surface area contributed by atoms with Crippen LogP contribution in [0, 0.1) is 11.7 Å². The molecule has 3 fully saturated rings. The van der Waals surface area contributed by atoms with Crippen LogP contribution in [0.1, 0.15) is 42.1 Å². The summed E-state index contributed by atoms with van der Waals surface area (Å²) in [6, 6.07) is 1.58. The van der Waals surface area contributed by atoms with Gasteiger partial charge in [-0.3, -0.25) is 4.79 Å². The molecule has 2 N–H and O–H groups in total. The number of rotatable bonds is 3. The molecule has 0 spiro atoms. The molecular weight excluding hydrogens is 385 g/mol. The number of nitrogens with zero attached hydrogens (tertiary/aromatic N) is 2. The minimum atomic E-state index is -1.31. The van der Waals surface area contributed by atoms with Crippen molar-refractivity contribution in [2.75, 3.05) is 24.5 Å². The summed E-state index contributed by atoms with van der Waals surface area (Å²) in [7, 11) is 0. The molecule has 1 aliphatic carbocycles. The van der Waals surface area contributed by atoms with E-state index in [2.05, 4.69) is 5.32 Å². The molecule has 3 aliphatic rings. The highest BCUT2D eigenvalue weighted by Crippen LogP contribution is 2.43. The Labute approximate surface area is 165 Å². The summed E-state index contributed by atoms with van der Waals surface area (Å²) in [4.78, 5) is 26.1. The van der Waals surface area contributed by atoms with Gasteiger partial charge in [-0.2, -0.15) is 0 Å². The Bertz CT molecular complexity index is 1040. The lowest BCUT2D eigenvalue weighted by Gasteiger charge is -2.24. The fraction of sp³-hybridized carbons (Fsp3) is 0.500. The maximum atomic E-state index is 15.1. The van der Waals surface area contributed by atoms with E-state index < -0.39 is 17.2 Å². The molecule has 3 heterocycles. The lowest BCUT2D eigenvalue weighted by Crippen LogP contribution is -2.40. The van der Waals surface area contributed by atoms with E-state index in [9.17, 15) is 14.7 Å². The van der Waals surface area contributed by atoms with Crippen molar-refractivity contribution in [3.63, 3.8) is 0 Å². The molecule has 28 heavy (non-hydrogen) atoms. The first-order valence-electron chi connectivity index (χ1n) is 9.74. The number of carboxylic acids is 1. The predicted molar refractivity (Wildman–Crippen MR) is 105 cm³/mol. The molecule has 0 amide bonds. The maximum Gasteiger partial charge on any atom is 0.341 e. The monoisotopic (exact) mass is 405 g/mol. The number of nitrogens with one attached hydrogen (secondary N) is 1. The van der Waals surface area contributed by atoms with Crippen molar-refractivity contribution in [1.82, 2.24) is 9.88 Å². The lowest BCUT2D eigenvalue weighted by atomic mass is 9.94. The zero-order valence-corrected chi connectivity index (χ0v) is 16.0. The van der Waals surface area contributed by atoms with Crippen molar-refractivity contribution >= 4 is 34.2 Å². The third-order valence-corrected chi connectivity index (χ3v) is 6.63. The van der Waals surface area contributed by atoms with Gasteiger partial charge in [-0.25, -0.2) is 9.18 Å². The second-order valence-electron chi connectivity index (χ2n) is 8.10. The van der Waals surface area contributed by atoms with Gasteiger partial charge < -0.3 is 19.9 Å². The van der Waals surface area contributed by atoms with Crippen LogP contribution in [-0.2, 0) is 0 Å². The molecule has 5 rings (SSSR count). The van der Waals surface area contributed by atoms with Gasteiger partial charge in [0.05, 0.1) is 21.6 Å². The summed E-state index contributed by atoms with van der Waals surface area (Å²) in [6.45, 7) is 2.37. The average Bonchev–Trinajstić information content (AvgIpc) is 3.41. The third kappa shape index (κ3) is 2.71. The summed E-state index contributed by atoms with van der Waals surface area (Å²) in [6.07, 6.45) is 5.36. The Hall–Kier alpha value is -2.12. The first kappa shape index (κ1) is 17.9. The SMILES string of the molecule is O=C(O)c1cn(C2CC2)c2c(Cl)c(N3C[C@H]4CCCN[C@H]4C3)c(F)cc2c1=O. The molecular formula is C20H21ClFN3O3. The number of pyridine rings is 1. The average molecular weight is 406 g/mol. The van der Waals surface area contributed by atoms with E-state index in [1.807, 2.05) is 4.90 Å². The van der Waals surface area contributed by atoms with E-state index in [4.69, 9.17) is 11.6 Å². The largest absolute Gasteiger partial charge is 0.477 e. The first-order chi connectivity index (χ1) is 13.5. The molecule has 2 atom stereocenters. The van der Waals surface area contributed by atoms with Crippen molar-refractivity contribution in [2.45, 2.75) is 37.8 Å². The quantitative estimate of drug-likeness (QED) is 0.821. The number of hydrogen-bond acceptors (Lipinski definition) is 4. The van der Waals surface area contributed by atoms with E-state index in [0.29, 0.717) is 29.7 Å². The molecule has 8 heteroatoms. The van der Waals surface area contributed by atoms with Gasteiger partial charge in [0, 0.05) is 31.4 Å². The van der Waals surface area contributed by atoms with E-state index in [-0.39, 0.29) is 22.0 Å². The van der Waals surface area contributed by atoms with Crippen LogP contribution >= 0.6 is 11.6 Å². The van der Waals surface area contributed by atoms with Gasteiger partial charge >= 0.3 is 5.97 Å². The van der Waals surface area contributed by atoms with Crippen LogP contribution in [-0.4, -0.2) is 41.3 Å². The number of carboxylic acid groups (broad SMARTS) is 1. The number of carbonyl (C=O) groups is 1. The molecule has 0 radical (unpaired) electrons. The number of aromatic nitrogens is 1. The Morgan fingerprint density at radius 3 is 2.75 bits per heavy atom. The Morgan fingerprint density at radius 2 is 2.07 bits per heavy atom. The highest BCUT2D eigenvalue weighted by atomic mass is 35.5. The molecule has 2 saturated heterocycles. The number of anilines is 1. The lowest BCUT2D eigenvalue weighted by molar-refractivity contribution is 0.0695. The van der Waals surface area contributed by atoms with Gasteiger partial charge in [-0.15, -0.1) is 0 Å². The van der Waals surface area contributed by atoms with Gasteiger partial charge in [-0.05, 0) is 44.2 Å². The summed E-state index contributed by atoms with van der Waals surface area (Å²) in [5, 5.41) is 13.1. The number of fused-ring (bicyclic) bond motifs is 2. The van der Waals surface area contributed by atoms with Crippen LogP contribution in [0.4, 0.5) is 10.1 Å². The Morgan fingerprint density at radius 1 is 1.29 bits per heavy atom. The van der Waals surface area contributed by atoms with Crippen LogP contribution in [0.15, 0.2) is 17.1 Å². The van der Waals surface area contributed by atoms with E-state index >= 15 is 4.39 Å². The zero-order valence-electron chi connectivity index (χ0n) is 15.3. The van der Waals surface area contributed by atoms with Crippen LogP contribution in [0.2, 0.25) is 5.02 Å². The topological polar surface area (TPSA) is 74.6 Å². The van der Waals surface area contributed by atoms with E-state index in [0.717, 1.165) is 38.8 Å². The summed E-state index contributed by atoms with van der Waals surface area (Å²) < 4.78 is 16.9. The molecule has 148 valence electrons. The van der Waals surface area contributed by atoms with Crippen LogP contribution in [0.3, 0.4) is 0 Å². The van der Waals surface area contributed by atoms with Crippen molar-refractivity contribution in [1.29, 1.82) is 0 Å². The summed E-state index contributed by atoms with van der Waals surface area (Å²) >= 11 is 6.70. The van der Waals surface area contributed by atoms with Gasteiger partial charge in [0.2, 0.25) is 5.43 Å². The smallest absolute Gasteiger partial charge is 0.341 e. The molecule has 1 aromatic carbocycles. The molecule has 2 aromatic rings. The standard InChI is InChI=1S/C20H21ClFN3O3/c21-16-17-12(19(26)13(20(27)28)8-25(17)11-3-4-11)6-14(22)18(16)24-7-10-2-1-5-23-15(10)9-24/h6,8,10-11,15,23H,1-5,7,9H2,(H,27,28)/t10-,15+/m1/s1. The van der Waals surface area contributed by atoms with Gasteiger partial charge in [-0.1, -0.05) is 11.6 Å². The second-order valence-corrected chi connectivity index (χ2v) is 8.48. The molecule has 0 bridgehead atoms. The summed E-state index contributed by atoms with van der Waals surface area (Å²) in [5.41, 5.74) is -0.275. The minimum Gasteiger partial charge on any atom is -0.477 e. The minimum absolute atomic E-state index is 0.0350. The normalized spacial score (nSPS) is 24.6. The number of halogens is 2. The van der Waals surface area contributed by atoms with Crippen molar-refractivity contribution in [2.24, 2.45) is 5.92 Å². The molecule has 0 unspecified atom stereocenters. The molecule has 1 saturated carbocycles. The van der Waals surface area contributed by atoms with Crippen LogP contribution in [0.25, 0.3) is 10.9 Å². The fourth-order valence-electron chi connectivity index (χ4n) is 4.74. The first-order valence-corrected chi connectivity index (χ1v) is 10.1. The Balaban J connectivity index is 1.70. The molecule has 6 nitrogen and oxygen atoms in total. The van der Waals surface area contributed by atoms with Crippen molar-refractivity contribution in [3.8, 4) is 0 Å². The van der Waals surface area contributed by atoms with Gasteiger partial charge in [0.25, 0.3) is 0 Å². The zero-order chi connectivity index (χ0) is 19.6. The third-order valence-electron chi connectivity index (χ3n) is 6.27. The number of hydrogen-bond donors (Lipinski definition) is 2. The van der Waals surface area contributed by atoms with Gasteiger partial charge in [0.15, 0.2) is 0 Å². The summed E-state index contributed by atoms with van der Waals surface area (Å²) in [5.74, 6) is -1.42. The van der Waals surface area contributed by atoms with Crippen molar-refractivity contribution in [3.05, 3.63) is 38.9 Å². The highest BCUT2D eigenvalue weighted by molar-refractivity contribution is 6.38. The van der Waals surface area contributed by atoms with Gasteiger partial charge in [0.1, 0.15) is 11.4 Å². The number of aromatic carboxylic acids is 1. The predicted octanol–water partition coefficient (Wildman–Crippen LogP) is 3.02. The second kappa shape index (κ2) is 6.46. The fourth-order valence-corrected chi connectivity index (χ4v) is 5.15. The van der Waals surface area contributed by atoms with E-state index in [1.165, 1.54) is 12.3 Å².